The number of benzene rings is 1. The van der Waals surface area contributed by atoms with E-state index in [1.165, 1.54) is 17.0 Å². The molecule has 0 radical (unpaired) electrons. The van der Waals surface area contributed by atoms with E-state index in [1.807, 2.05) is 26.8 Å². The van der Waals surface area contributed by atoms with Gasteiger partial charge in [0.15, 0.2) is 11.6 Å². The van der Waals surface area contributed by atoms with Crippen molar-refractivity contribution in [2.24, 2.45) is 17.8 Å². The Bertz CT molecular complexity index is 1020. The Hall–Kier alpha value is -2.45. The van der Waals surface area contributed by atoms with Crippen LogP contribution in [-0.2, 0) is 14.2 Å². The fraction of sp³-hybridized carbons (Fsp3) is 0.520. The third kappa shape index (κ3) is 4.51. The van der Waals surface area contributed by atoms with Gasteiger partial charge < -0.3 is 14.8 Å². The minimum absolute atomic E-state index is 0.0808. The van der Waals surface area contributed by atoms with E-state index in [-0.39, 0.29) is 35.5 Å². The molecule has 176 valence electrons. The van der Waals surface area contributed by atoms with Crippen LogP contribution in [0.1, 0.15) is 52.0 Å². The maximum atomic E-state index is 13.6. The van der Waals surface area contributed by atoms with Crippen molar-refractivity contribution in [2.45, 2.75) is 58.9 Å². The lowest BCUT2D eigenvalue weighted by molar-refractivity contribution is -0.140. The number of halogens is 1. The first-order valence-electron chi connectivity index (χ1n) is 11.7. The molecule has 33 heavy (non-hydrogen) atoms. The number of nitrogens with zero attached hydrogens (tertiary/aromatic N) is 1. The number of carbonyl (C=O) groups excluding carboxylic acids is 2. The quantitative estimate of drug-likeness (QED) is 0.386. The monoisotopic (exact) mass is 455 g/mol. The summed E-state index contributed by atoms with van der Waals surface area (Å²) >= 11 is 0. The lowest BCUT2D eigenvalue weighted by Crippen LogP contribution is -2.46. The second-order valence-corrected chi connectivity index (χ2v) is 9.56. The summed E-state index contributed by atoms with van der Waals surface area (Å²) in [6.45, 7) is 6.35. The minimum Gasteiger partial charge on any atom is -0.505 e. The molecule has 2 N–H and O–H groups in total. The number of carbonyl (C=O) groups is 2. The van der Waals surface area contributed by atoms with Crippen molar-refractivity contribution in [3.8, 4) is 5.75 Å². The van der Waals surface area contributed by atoms with E-state index in [1.54, 1.807) is 6.07 Å². The fourth-order valence-corrected chi connectivity index (χ4v) is 5.76. The van der Waals surface area contributed by atoms with Crippen molar-refractivity contribution >= 4 is 25.0 Å². The Morgan fingerprint density at radius 2 is 2.06 bits per heavy atom. The molecular formula is C25H31BFNO5. The fourth-order valence-electron chi connectivity index (χ4n) is 5.76. The van der Waals surface area contributed by atoms with Gasteiger partial charge in [-0.05, 0) is 75.0 Å². The van der Waals surface area contributed by atoms with E-state index < -0.39 is 18.9 Å². The van der Waals surface area contributed by atoms with Crippen LogP contribution in [0.15, 0.2) is 34.9 Å². The number of fused-ring (bicyclic) bond motifs is 3. The zero-order chi connectivity index (χ0) is 23.9. The molecule has 2 saturated heterocycles. The molecule has 3 aliphatic rings. The molecule has 0 spiro atoms. The van der Waals surface area contributed by atoms with Gasteiger partial charge in [0.1, 0.15) is 0 Å². The van der Waals surface area contributed by atoms with Crippen LogP contribution in [0.5, 0.6) is 5.75 Å². The first-order chi connectivity index (χ1) is 15.7. The summed E-state index contributed by atoms with van der Waals surface area (Å²) in [6.07, 6.45) is 4.41. The summed E-state index contributed by atoms with van der Waals surface area (Å²) < 4.78 is 19.5. The Kier molecular flexibility index (Phi) is 6.77. The lowest BCUT2D eigenvalue weighted by Gasteiger charge is -2.42. The highest BCUT2D eigenvalue weighted by atomic mass is 19.1. The molecule has 2 heterocycles. The van der Waals surface area contributed by atoms with E-state index in [2.05, 4.69) is 0 Å². The first kappa shape index (κ1) is 23.7. The van der Waals surface area contributed by atoms with Gasteiger partial charge in [-0.1, -0.05) is 30.2 Å². The van der Waals surface area contributed by atoms with Gasteiger partial charge in [-0.2, -0.15) is 0 Å². The molecule has 0 unspecified atom stereocenters. The van der Waals surface area contributed by atoms with Crippen LogP contribution < -0.4 is 0 Å². The molecule has 6 nitrogen and oxygen atoms in total. The van der Waals surface area contributed by atoms with Gasteiger partial charge in [-0.25, -0.2) is 4.39 Å². The summed E-state index contributed by atoms with van der Waals surface area (Å²) in [4.78, 5) is 27.4. The van der Waals surface area contributed by atoms with Crippen molar-refractivity contribution in [3.63, 3.8) is 0 Å². The van der Waals surface area contributed by atoms with Crippen LogP contribution in [0, 0.1) is 23.6 Å². The van der Waals surface area contributed by atoms with Gasteiger partial charge >= 0.3 is 7.12 Å². The second kappa shape index (κ2) is 9.43. The third-order valence-electron chi connectivity index (χ3n) is 7.18. The van der Waals surface area contributed by atoms with Crippen LogP contribution >= 0.6 is 0 Å². The maximum absolute atomic E-state index is 13.6. The van der Waals surface area contributed by atoms with Crippen LogP contribution in [0.3, 0.4) is 0 Å². The molecule has 1 aliphatic carbocycles. The predicted molar refractivity (Wildman–Crippen MR) is 123 cm³/mol. The highest BCUT2D eigenvalue weighted by Gasteiger charge is 2.56. The van der Waals surface area contributed by atoms with Gasteiger partial charge in [0.2, 0.25) is 11.8 Å². The van der Waals surface area contributed by atoms with Gasteiger partial charge in [-0.3, -0.25) is 14.5 Å². The number of amides is 2. The minimum atomic E-state index is -0.978. The average Bonchev–Trinajstić information content (AvgIpc) is 2.99. The van der Waals surface area contributed by atoms with Crippen molar-refractivity contribution in [3.05, 3.63) is 46.3 Å². The molecule has 0 saturated carbocycles. The molecule has 2 fully saturated rings. The number of imide groups is 1. The van der Waals surface area contributed by atoms with Crippen LogP contribution in [0.2, 0.25) is 6.32 Å². The summed E-state index contributed by atoms with van der Waals surface area (Å²) in [7, 11) is -0.978. The predicted octanol–water partition coefficient (Wildman–Crippen LogP) is 3.94. The number of rotatable bonds is 6. The van der Waals surface area contributed by atoms with E-state index >= 15 is 0 Å². The van der Waals surface area contributed by atoms with Gasteiger partial charge in [0.25, 0.3) is 0 Å². The Labute approximate surface area is 194 Å². The first-order valence-corrected chi connectivity index (χ1v) is 11.7. The Morgan fingerprint density at radius 1 is 1.30 bits per heavy atom. The number of likely N-dealkylation sites (tertiary alicyclic amines) is 1. The smallest absolute Gasteiger partial charge is 0.455 e. The van der Waals surface area contributed by atoms with E-state index in [4.69, 9.17) is 4.65 Å². The number of allylic oxidation sites excluding steroid dienone is 2. The SMILES string of the molecule is CCCN1C(=O)[C@@H]2[C@@H](CC(C)=C3[C@@H](CC/C(C)=C/c4ccc(O)c(F)c4)OB(O)C[C@@H]32)C1=O. The second-order valence-electron chi connectivity index (χ2n) is 9.56. The number of hydrogen-bond donors (Lipinski definition) is 2. The number of aromatic hydroxyl groups is 1. The normalized spacial score (nSPS) is 27.8. The zero-order valence-electron chi connectivity index (χ0n) is 19.4. The molecule has 4 rings (SSSR count). The number of hydrogen-bond acceptors (Lipinski definition) is 5. The standard InChI is InChI=1S/C25H31BFNO5/c1-4-9-28-24(30)17-11-15(3)22-18(23(17)25(28)31)13-26(32)33-21(22)8-5-14(2)10-16-6-7-20(29)19(27)12-16/h6-7,10,12,17-18,21,23,29,32H,4-5,8-9,11,13H2,1-3H3/b14-10+/t17-,18+,21-,23-/m1/s1. The number of phenolic OH excluding ortho intramolecular Hbond substituents is 1. The summed E-state index contributed by atoms with van der Waals surface area (Å²) in [5.41, 5.74) is 3.81. The van der Waals surface area contributed by atoms with Crippen molar-refractivity contribution in [1.82, 2.24) is 4.90 Å². The molecular weight excluding hydrogens is 424 g/mol. The molecule has 4 atom stereocenters. The van der Waals surface area contributed by atoms with Gasteiger partial charge in [0.05, 0.1) is 17.9 Å². The van der Waals surface area contributed by atoms with E-state index in [0.29, 0.717) is 37.7 Å². The van der Waals surface area contributed by atoms with Gasteiger partial charge in [0, 0.05) is 6.54 Å². The molecule has 1 aromatic rings. The molecule has 2 aliphatic heterocycles. The molecule has 0 aromatic heterocycles. The molecule has 1 aromatic carbocycles. The van der Waals surface area contributed by atoms with Crippen LogP contribution in [-0.4, -0.2) is 46.6 Å². The zero-order valence-corrected chi connectivity index (χ0v) is 19.4. The largest absolute Gasteiger partial charge is 0.505 e. The topological polar surface area (TPSA) is 87.1 Å². The average molecular weight is 455 g/mol. The third-order valence-corrected chi connectivity index (χ3v) is 7.18. The summed E-state index contributed by atoms with van der Waals surface area (Å²) in [5.74, 6) is -2.18. The van der Waals surface area contributed by atoms with E-state index in [0.717, 1.165) is 23.1 Å². The maximum Gasteiger partial charge on any atom is 0.455 e. The highest BCUT2D eigenvalue weighted by Crippen LogP contribution is 2.50. The Balaban J connectivity index is 1.53. The Morgan fingerprint density at radius 3 is 2.76 bits per heavy atom. The molecule has 2 amide bonds. The van der Waals surface area contributed by atoms with Crippen molar-refractivity contribution in [2.75, 3.05) is 6.54 Å². The van der Waals surface area contributed by atoms with Crippen molar-refractivity contribution in [1.29, 1.82) is 0 Å². The molecule has 0 bridgehead atoms. The highest BCUT2D eigenvalue weighted by molar-refractivity contribution is 6.43. The van der Waals surface area contributed by atoms with Crippen molar-refractivity contribution < 1.29 is 28.8 Å². The van der Waals surface area contributed by atoms with E-state index in [9.17, 15) is 24.1 Å². The summed E-state index contributed by atoms with van der Waals surface area (Å²) in [5, 5.41) is 19.8. The van der Waals surface area contributed by atoms with Crippen LogP contribution in [0.4, 0.5) is 4.39 Å². The molecule has 8 heteroatoms. The summed E-state index contributed by atoms with van der Waals surface area (Å²) in [6, 6.07) is 4.26. The van der Waals surface area contributed by atoms with Gasteiger partial charge in [-0.15, -0.1) is 0 Å². The lowest BCUT2D eigenvalue weighted by atomic mass is 9.59. The number of phenols is 1. The van der Waals surface area contributed by atoms with Crippen LogP contribution in [0.25, 0.3) is 6.08 Å².